The van der Waals surface area contributed by atoms with Gasteiger partial charge in [-0.1, -0.05) is 18.7 Å². The molecule has 9 nitrogen and oxygen atoms in total. The Hall–Kier alpha value is -3.77. The fraction of sp³-hybridized carbons (Fsp3) is 0.545. The van der Waals surface area contributed by atoms with E-state index in [-0.39, 0.29) is 11.9 Å². The fourth-order valence-corrected chi connectivity index (χ4v) is 7.28. The van der Waals surface area contributed by atoms with Crippen molar-refractivity contribution in [3.63, 3.8) is 0 Å². The van der Waals surface area contributed by atoms with Crippen molar-refractivity contribution in [1.82, 2.24) is 14.8 Å². The maximum absolute atomic E-state index is 12.6. The molecule has 2 aromatic rings. The molecule has 5 heterocycles. The first-order chi connectivity index (χ1) is 20.5. The van der Waals surface area contributed by atoms with Crippen LogP contribution in [0.15, 0.2) is 36.9 Å². The average Bonchev–Trinajstić information content (AvgIpc) is 3.43. The number of carbonyl (C=O) groups excluding carboxylic acids is 1. The summed E-state index contributed by atoms with van der Waals surface area (Å²) < 4.78 is 6.42. The zero-order valence-electron chi connectivity index (χ0n) is 25.1. The number of nitrogens with zero attached hydrogens (tertiary/aromatic N) is 7. The third-order valence-electron chi connectivity index (χ3n) is 9.60. The number of aromatic nitrogens is 1. The molecule has 4 aliphatic rings. The third-order valence-corrected chi connectivity index (χ3v) is 9.60. The van der Waals surface area contributed by atoms with Gasteiger partial charge in [-0.3, -0.25) is 4.79 Å². The van der Waals surface area contributed by atoms with Gasteiger partial charge in [-0.05, 0) is 63.4 Å². The predicted octanol–water partition coefficient (Wildman–Crippen LogP) is 3.62. The minimum Gasteiger partial charge on any atom is -0.476 e. The number of para-hydroxylation sites is 1. The topological polar surface area (TPSA) is 79.2 Å². The summed E-state index contributed by atoms with van der Waals surface area (Å²) in [5.41, 5.74) is 7.52. The molecule has 4 aliphatic heterocycles. The first kappa shape index (κ1) is 28.4. The van der Waals surface area contributed by atoms with Gasteiger partial charge in [0, 0.05) is 63.1 Å². The molecule has 0 aliphatic carbocycles. The van der Waals surface area contributed by atoms with E-state index in [1.165, 1.54) is 41.4 Å². The van der Waals surface area contributed by atoms with Crippen LogP contribution in [0.4, 0.5) is 17.1 Å². The highest BCUT2D eigenvalue weighted by atomic mass is 16.5. The quantitative estimate of drug-likeness (QED) is 0.468. The Morgan fingerprint density at radius 3 is 2.76 bits per heavy atom. The number of carbonyl (C=O) groups is 1. The van der Waals surface area contributed by atoms with Crippen LogP contribution in [0.25, 0.3) is 0 Å². The summed E-state index contributed by atoms with van der Waals surface area (Å²) in [5.74, 6) is 0.558. The number of likely N-dealkylation sites (N-methyl/N-ethyl adjacent to an activating group) is 1. The number of fused-ring (bicyclic) bond motifs is 2. The molecule has 1 aromatic carbocycles. The highest BCUT2D eigenvalue weighted by Crippen LogP contribution is 2.40. The van der Waals surface area contributed by atoms with Crippen LogP contribution >= 0.6 is 0 Å². The summed E-state index contributed by atoms with van der Waals surface area (Å²) in [5, 5.41) is 9.54. The van der Waals surface area contributed by atoms with Crippen LogP contribution in [0.3, 0.4) is 0 Å². The Kier molecular flexibility index (Phi) is 8.25. The van der Waals surface area contributed by atoms with Gasteiger partial charge in [0.25, 0.3) is 0 Å². The Morgan fingerprint density at radius 1 is 1.10 bits per heavy atom. The third kappa shape index (κ3) is 5.52. The Labute approximate surface area is 249 Å². The van der Waals surface area contributed by atoms with E-state index in [1.807, 2.05) is 0 Å². The number of rotatable bonds is 7. The number of anilines is 3. The van der Waals surface area contributed by atoms with Crippen molar-refractivity contribution in [1.29, 1.82) is 5.26 Å². The summed E-state index contributed by atoms with van der Waals surface area (Å²) in [4.78, 5) is 29.1. The summed E-state index contributed by atoms with van der Waals surface area (Å²) in [6.45, 7) is 9.99. The van der Waals surface area contributed by atoms with Crippen LogP contribution in [0.2, 0.25) is 0 Å². The van der Waals surface area contributed by atoms with Gasteiger partial charge in [-0.2, -0.15) is 5.26 Å². The van der Waals surface area contributed by atoms with Gasteiger partial charge in [0.15, 0.2) is 0 Å². The van der Waals surface area contributed by atoms with Crippen molar-refractivity contribution in [2.45, 2.75) is 57.2 Å². The van der Waals surface area contributed by atoms with Crippen LogP contribution in [-0.2, 0) is 24.2 Å². The lowest BCUT2D eigenvalue weighted by molar-refractivity contribution is -0.128. The lowest BCUT2D eigenvalue weighted by Crippen LogP contribution is -2.55. The van der Waals surface area contributed by atoms with E-state index in [0.717, 1.165) is 56.8 Å². The molecule has 2 fully saturated rings. The Morgan fingerprint density at radius 2 is 1.98 bits per heavy atom. The summed E-state index contributed by atoms with van der Waals surface area (Å²) in [6, 6.07) is 11.3. The molecule has 0 spiro atoms. The molecule has 9 heteroatoms. The average molecular weight is 570 g/mol. The number of benzene rings is 1. The molecule has 1 amide bonds. The molecule has 222 valence electrons. The molecule has 6 rings (SSSR count). The normalized spacial score (nSPS) is 22.4. The van der Waals surface area contributed by atoms with Crippen molar-refractivity contribution in [2.75, 3.05) is 74.7 Å². The zero-order chi connectivity index (χ0) is 29.2. The van der Waals surface area contributed by atoms with E-state index in [2.05, 4.69) is 70.6 Å². The second kappa shape index (κ2) is 12.2. The van der Waals surface area contributed by atoms with E-state index in [1.54, 1.807) is 4.90 Å². The zero-order valence-corrected chi connectivity index (χ0v) is 25.1. The molecule has 0 N–H and O–H groups in total. The molecule has 0 saturated carbocycles. The van der Waals surface area contributed by atoms with E-state index in [9.17, 15) is 10.1 Å². The first-order valence-corrected chi connectivity index (χ1v) is 15.5. The number of piperazine rings is 1. The standard InChI is InChI=1S/C33H43N7O2/c1-4-32(41)40-19-18-39(21-25(40)12-14-34)30-20-31(42-23-26-10-7-15-36(26)2)35-28-22-38(17-13-27(28)30)29-11-5-8-24-9-6-16-37(3)33(24)29/h4-5,8,11,20,25-26H,1,6-7,9-10,12-13,15-19,21-23H2,2-3H3/t25-,26-/m0/s1. The van der Waals surface area contributed by atoms with Crippen molar-refractivity contribution >= 4 is 23.0 Å². The van der Waals surface area contributed by atoms with Crippen molar-refractivity contribution in [3.05, 3.63) is 53.7 Å². The SMILES string of the molecule is C=CC(=O)N1CCN(c2cc(OC[C@@H]3CCCN3C)nc3c2CCN(c2cccc4c2N(C)CCC4)C3)C[C@@H]1CC#N. The minimum atomic E-state index is -0.180. The summed E-state index contributed by atoms with van der Waals surface area (Å²) in [6.07, 6.45) is 7.19. The van der Waals surface area contributed by atoms with Gasteiger partial charge in [-0.15, -0.1) is 0 Å². The number of pyridine rings is 1. The molecule has 1 aromatic heterocycles. The summed E-state index contributed by atoms with van der Waals surface area (Å²) in [7, 11) is 4.37. The molecule has 0 bridgehead atoms. The molecule has 2 atom stereocenters. The van der Waals surface area contributed by atoms with Gasteiger partial charge >= 0.3 is 0 Å². The number of aryl methyl sites for hydroxylation is 1. The van der Waals surface area contributed by atoms with Gasteiger partial charge in [-0.25, -0.2) is 4.98 Å². The molecule has 0 unspecified atom stereocenters. The van der Waals surface area contributed by atoms with Crippen molar-refractivity contribution in [3.8, 4) is 11.9 Å². The molecule has 42 heavy (non-hydrogen) atoms. The van der Waals surface area contributed by atoms with Gasteiger partial charge < -0.3 is 29.2 Å². The first-order valence-electron chi connectivity index (χ1n) is 15.5. The number of likely N-dealkylation sites (tertiary alicyclic amines) is 1. The van der Waals surface area contributed by atoms with E-state index >= 15 is 0 Å². The van der Waals surface area contributed by atoms with Gasteiger partial charge in [0.2, 0.25) is 11.8 Å². The number of amides is 1. The van der Waals surface area contributed by atoms with Crippen LogP contribution in [-0.4, -0.2) is 92.7 Å². The molecule has 0 radical (unpaired) electrons. The molecular weight excluding hydrogens is 526 g/mol. The lowest BCUT2D eigenvalue weighted by atomic mass is 9.97. The monoisotopic (exact) mass is 569 g/mol. The van der Waals surface area contributed by atoms with Crippen molar-refractivity contribution in [2.24, 2.45) is 0 Å². The van der Waals surface area contributed by atoms with Crippen LogP contribution < -0.4 is 19.4 Å². The van der Waals surface area contributed by atoms with Crippen LogP contribution in [0, 0.1) is 11.3 Å². The number of ether oxygens (including phenoxy) is 1. The van der Waals surface area contributed by atoms with Crippen LogP contribution in [0.1, 0.15) is 42.5 Å². The highest BCUT2D eigenvalue weighted by Gasteiger charge is 2.33. The number of nitriles is 1. The maximum Gasteiger partial charge on any atom is 0.246 e. The maximum atomic E-state index is 12.6. The molecule has 2 saturated heterocycles. The largest absolute Gasteiger partial charge is 0.476 e. The second-order valence-corrected chi connectivity index (χ2v) is 12.2. The Bertz CT molecular complexity index is 1370. The van der Waals surface area contributed by atoms with Gasteiger partial charge in [0.1, 0.15) is 6.61 Å². The van der Waals surface area contributed by atoms with E-state index < -0.39 is 0 Å². The molecular formula is C33H43N7O2. The van der Waals surface area contributed by atoms with E-state index in [4.69, 9.17) is 9.72 Å². The smallest absolute Gasteiger partial charge is 0.246 e. The minimum absolute atomic E-state index is 0.108. The van der Waals surface area contributed by atoms with E-state index in [0.29, 0.717) is 44.6 Å². The fourth-order valence-electron chi connectivity index (χ4n) is 7.28. The van der Waals surface area contributed by atoms with Gasteiger partial charge in [0.05, 0.1) is 42.1 Å². The number of hydrogen-bond acceptors (Lipinski definition) is 8. The number of hydrogen-bond donors (Lipinski definition) is 0. The lowest BCUT2D eigenvalue weighted by Gasteiger charge is -2.43. The van der Waals surface area contributed by atoms with Crippen LogP contribution in [0.5, 0.6) is 5.88 Å². The Balaban J connectivity index is 1.32. The second-order valence-electron chi connectivity index (χ2n) is 12.2. The summed E-state index contributed by atoms with van der Waals surface area (Å²) >= 11 is 0. The van der Waals surface area contributed by atoms with Crippen molar-refractivity contribution < 1.29 is 9.53 Å². The predicted molar refractivity (Wildman–Crippen MR) is 166 cm³/mol. The highest BCUT2D eigenvalue weighted by molar-refractivity contribution is 5.87.